The van der Waals surface area contributed by atoms with Crippen molar-refractivity contribution in [3.8, 4) is 33.4 Å². The van der Waals surface area contributed by atoms with Gasteiger partial charge in [-0.05, 0) is 215 Å². The first-order valence-electron chi connectivity index (χ1n) is 23.7. The van der Waals surface area contributed by atoms with Crippen molar-refractivity contribution in [2.45, 2.75) is 107 Å². The van der Waals surface area contributed by atoms with Gasteiger partial charge in [0, 0.05) is 22.5 Å². The van der Waals surface area contributed by atoms with E-state index in [1.54, 1.807) is 11.1 Å². The molecule has 1 heteroatoms. The largest absolute Gasteiger partial charge is 0.310 e. The minimum absolute atomic E-state index is 0.0635. The molecular weight excluding hydrogens is 723 g/mol. The number of hydrogen-bond donors (Lipinski definition) is 0. The van der Waals surface area contributed by atoms with E-state index >= 15 is 0 Å². The van der Waals surface area contributed by atoms with Crippen LogP contribution in [0.1, 0.15) is 113 Å². The summed E-state index contributed by atoms with van der Waals surface area (Å²) in [7, 11) is 0. The first kappa shape index (κ1) is 35.8. The lowest BCUT2D eigenvalue weighted by Gasteiger charge is -2.57. The van der Waals surface area contributed by atoms with Crippen LogP contribution >= 0.6 is 0 Å². The van der Waals surface area contributed by atoms with Gasteiger partial charge in [0.05, 0.1) is 0 Å². The van der Waals surface area contributed by atoms with E-state index in [1.807, 2.05) is 0 Å². The molecule has 8 fully saturated rings. The van der Waals surface area contributed by atoms with Gasteiger partial charge in [-0.15, -0.1) is 0 Å². The Morgan fingerprint density at radius 1 is 0.367 bits per heavy atom. The quantitative estimate of drug-likeness (QED) is 0.156. The summed E-state index contributed by atoms with van der Waals surface area (Å²) < 4.78 is 0. The van der Waals surface area contributed by atoms with Gasteiger partial charge in [0.25, 0.3) is 0 Å². The van der Waals surface area contributed by atoms with E-state index in [0.717, 1.165) is 35.5 Å². The van der Waals surface area contributed by atoms with Crippen LogP contribution in [0.5, 0.6) is 0 Å². The molecule has 9 aliphatic carbocycles. The van der Waals surface area contributed by atoms with Gasteiger partial charge in [0.15, 0.2) is 0 Å². The number of rotatable bonds is 7. The molecular formula is C59H59N. The number of fused-ring (bicyclic) bond motifs is 3. The zero-order valence-corrected chi connectivity index (χ0v) is 35.7. The van der Waals surface area contributed by atoms with Gasteiger partial charge in [0.1, 0.15) is 0 Å². The summed E-state index contributed by atoms with van der Waals surface area (Å²) in [4.78, 5) is 2.47. The Kier molecular flexibility index (Phi) is 7.80. The fourth-order valence-corrected chi connectivity index (χ4v) is 15.8. The lowest BCUT2D eigenvalue weighted by atomic mass is 9.48. The van der Waals surface area contributed by atoms with Crippen molar-refractivity contribution in [2.24, 2.45) is 35.5 Å². The SMILES string of the molecule is CC1(C)c2ccccc2-c2ccc(N(c3ccc(-c4ccc(C56CC7CC(CC(C7)C5)C6)cc4)cc3)c3ccc(-c4ccc(C56CC7CC(CC(C7)C5)C6)cc4)cc3)cc21. The number of nitrogens with zero attached hydrogens (tertiary/aromatic N) is 1. The summed E-state index contributed by atoms with van der Waals surface area (Å²) in [6.45, 7) is 4.77. The predicted octanol–water partition coefficient (Wildman–Crippen LogP) is 15.7. The molecule has 9 aliphatic rings. The average molecular weight is 782 g/mol. The summed E-state index contributed by atoms with van der Waals surface area (Å²) in [6.07, 6.45) is 17.5. The van der Waals surface area contributed by atoms with Gasteiger partial charge in [-0.1, -0.05) is 117 Å². The van der Waals surface area contributed by atoms with Gasteiger partial charge in [-0.3, -0.25) is 0 Å². The molecule has 8 saturated carbocycles. The van der Waals surface area contributed by atoms with E-state index in [1.165, 1.54) is 139 Å². The Morgan fingerprint density at radius 2 is 0.717 bits per heavy atom. The molecule has 0 heterocycles. The molecule has 6 aromatic rings. The minimum atomic E-state index is -0.0635. The lowest BCUT2D eigenvalue weighted by molar-refractivity contribution is -0.00530. The Balaban J connectivity index is 0.821. The van der Waals surface area contributed by atoms with E-state index in [2.05, 4.69) is 158 Å². The fourth-order valence-electron chi connectivity index (χ4n) is 15.8. The highest BCUT2D eigenvalue weighted by molar-refractivity contribution is 5.86. The van der Waals surface area contributed by atoms with Crippen molar-refractivity contribution < 1.29 is 0 Å². The molecule has 0 unspecified atom stereocenters. The molecule has 8 bridgehead atoms. The Labute approximate surface area is 358 Å². The molecule has 0 amide bonds. The van der Waals surface area contributed by atoms with Gasteiger partial charge in [-0.2, -0.15) is 0 Å². The topological polar surface area (TPSA) is 3.24 Å². The summed E-state index contributed by atoms with van der Waals surface area (Å²) in [6, 6.07) is 54.5. The van der Waals surface area contributed by atoms with Crippen molar-refractivity contribution in [3.05, 3.63) is 162 Å². The summed E-state index contributed by atoms with van der Waals surface area (Å²) >= 11 is 0. The number of benzene rings is 6. The Bertz CT molecular complexity index is 2400. The second kappa shape index (κ2) is 13.1. The highest BCUT2D eigenvalue weighted by Gasteiger charge is 2.52. The van der Waals surface area contributed by atoms with Crippen LogP contribution in [0.2, 0.25) is 0 Å². The van der Waals surface area contributed by atoms with Crippen molar-refractivity contribution in [3.63, 3.8) is 0 Å². The highest BCUT2D eigenvalue weighted by Crippen LogP contribution is 2.62. The molecule has 0 atom stereocenters. The van der Waals surface area contributed by atoms with Gasteiger partial charge >= 0.3 is 0 Å². The third-order valence-electron chi connectivity index (χ3n) is 17.8. The molecule has 6 aromatic carbocycles. The summed E-state index contributed by atoms with van der Waals surface area (Å²) in [5, 5.41) is 0. The third kappa shape index (κ3) is 5.56. The van der Waals surface area contributed by atoms with Crippen LogP contribution in [0.3, 0.4) is 0 Å². The van der Waals surface area contributed by atoms with Crippen molar-refractivity contribution >= 4 is 17.1 Å². The number of hydrogen-bond acceptors (Lipinski definition) is 1. The van der Waals surface area contributed by atoms with Crippen LogP contribution in [0, 0.1) is 35.5 Å². The zero-order valence-electron chi connectivity index (χ0n) is 35.7. The van der Waals surface area contributed by atoms with Crippen molar-refractivity contribution in [1.29, 1.82) is 0 Å². The maximum atomic E-state index is 2.49. The molecule has 0 saturated heterocycles. The molecule has 300 valence electrons. The fraction of sp³-hybridized carbons (Fsp3) is 0.390. The first-order chi connectivity index (χ1) is 29.3. The van der Waals surface area contributed by atoms with Crippen molar-refractivity contribution in [2.75, 3.05) is 4.90 Å². The molecule has 0 N–H and O–H groups in total. The zero-order chi connectivity index (χ0) is 39.8. The van der Waals surface area contributed by atoms with Crippen molar-refractivity contribution in [1.82, 2.24) is 0 Å². The molecule has 15 rings (SSSR count). The van der Waals surface area contributed by atoms with Crippen LogP contribution in [-0.4, -0.2) is 0 Å². The summed E-state index contributed by atoms with van der Waals surface area (Å²) in [5.74, 6) is 5.82. The van der Waals surface area contributed by atoms with Crippen LogP contribution in [0.15, 0.2) is 140 Å². The molecule has 1 nitrogen and oxygen atoms in total. The van der Waals surface area contributed by atoms with Gasteiger partial charge in [0.2, 0.25) is 0 Å². The third-order valence-corrected chi connectivity index (χ3v) is 17.8. The van der Waals surface area contributed by atoms with Gasteiger partial charge < -0.3 is 4.90 Å². The first-order valence-corrected chi connectivity index (χ1v) is 23.7. The van der Waals surface area contributed by atoms with Crippen LogP contribution in [0.25, 0.3) is 33.4 Å². The Morgan fingerprint density at radius 3 is 1.13 bits per heavy atom. The second-order valence-electron chi connectivity index (χ2n) is 21.9. The maximum absolute atomic E-state index is 2.49. The standard InChI is InChI=1S/C59H59N/c1-57(2)55-6-4-3-5-53(55)54-24-23-52(31-56(54)57)60(50-19-11-46(12-20-50)44-7-15-48(16-8-44)58-32-38-25-39(33-58)27-40(26-38)34-58)51-21-13-47(14-22-51)45-9-17-49(18-10-45)59-35-41-28-42(36-59)30-43(29-41)37-59/h3-24,31,38-43H,25-30,32-37H2,1-2H3. The number of anilines is 3. The monoisotopic (exact) mass is 781 g/mol. The van der Waals surface area contributed by atoms with Crippen LogP contribution in [-0.2, 0) is 16.2 Å². The van der Waals surface area contributed by atoms with E-state index in [0.29, 0.717) is 10.8 Å². The second-order valence-corrected chi connectivity index (χ2v) is 21.9. The summed E-state index contributed by atoms with van der Waals surface area (Å²) in [5.41, 5.74) is 18.4. The van der Waals surface area contributed by atoms with Crippen LogP contribution < -0.4 is 4.90 Å². The molecule has 0 radical (unpaired) electrons. The minimum Gasteiger partial charge on any atom is -0.310 e. The lowest BCUT2D eigenvalue weighted by Crippen LogP contribution is -2.48. The normalized spacial score (nSPS) is 31.0. The van der Waals surface area contributed by atoms with E-state index in [4.69, 9.17) is 0 Å². The predicted molar refractivity (Wildman–Crippen MR) is 249 cm³/mol. The van der Waals surface area contributed by atoms with Crippen LogP contribution in [0.4, 0.5) is 17.1 Å². The average Bonchev–Trinajstić information content (AvgIpc) is 3.49. The highest BCUT2D eigenvalue weighted by atomic mass is 15.1. The van der Waals surface area contributed by atoms with E-state index < -0.39 is 0 Å². The Hall–Kier alpha value is -4.88. The van der Waals surface area contributed by atoms with E-state index in [-0.39, 0.29) is 5.41 Å². The smallest absolute Gasteiger partial charge is 0.0465 e. The van der Waals surface area contributed by atoms with E-state index in [9.17, 15) is 0 Å². The van der Waals surface area contributed by atoms with Gasteiger partial charge in [-0.25, -0.2) is 0 Å². The molecule has 60 heavy (non-hydrogen) atoms. The maximum Gasteiger partial charge on any atom is 0.0465 e. The molecule has 0 aliphatic heterocycles. The molecule has 0 spiro atoms. The molecule has 0 aromatic heterocycles.